The Morgan fingerprint density at radius 2 is 2.10 bits per heavy atom. The normalized spacial score (nSPS) is 35.1. The van der Waals surface area contributed by atoms with Gasteiger partial charge in [-0.05, 0) is 19.3 Å². The first-order valence-corrected chi connectivity index (χ1v) is 3.67. The van der Waals surface area contributed by atoms with Gasteiger partial charge in [-0.25, -0.2) is 0 Å². The summed E-state index contributed by atoms with van der Waals surface area (Å²) in [5.74, 6) is 0. The zero-order valence-electron chi connectivity index (χ0n) is 6.01. The highest BCUT2D eigenvalue weighted by Gasteiger charge is 2.49. The van der Waals surface area contributed by atoms with Crippen molar-refractivity contribution in [2.45, 2.75) is 25.3 Å². The van der Waals surface area contributed by atoms with Crippen LogP contribution in [0.3, 0.4) is 0 Å². The van der Waals surface area contributed by atoms with Crippen LogP contribution in [0.2, 0.25) is 0 Å². The van der Waals surface area contributed by atoms with Crippen molar-refractivity contribution in [1.29, 1.82) is 0 Å². The quantitative estimate of drug-likeness (QED) is 0.577. The Morgan fingerprint density at radius 3 is 2.50 bits per heavy atom. The molecule has 1 atom stereocenters. The van der Waals surface area contributed by atoms with Gasteiger partial charge in [-0.3, -0.25) is 0 Å². The molecule has 1 saturated heterocycles. The van der Waals surface area contributed by atoms with Crippen molar-refractivity contribution in [1.82, 2.24) is 0 Å². The predicted molar refractivity (Wildman–Crippen MR) is 42.3 cm³/mol. The summed E-state index contributed by atoms with van der Waals surface area (Å²) >= 11 is 0. The van der Waals surface area contributed by atoms with Crippen LogP contribution in [0, 0.1) is 5.41 Å². The standard InChI is InChI=1S/C7H13NO.ClH/c8-6-1-4-9-5-7(6)2-3-7;/h6H,1-5,8H2;1H. The lowest BCUT2D eigenvalue weighted by Gasteiger charge is -2.28. The zero-order valence-corrected chi connectivity index (χ0v) is 6.82. The van der Waals surface area contributed by atoms with E-state index in [0.717, 1.165) is 19.6 Å². The number of hydrogen-bond donors (Lipinski definition) is 1. The summed E-state index contributed by atoms with van der Waals surface area (Å²) in [6.45, 7) is 1.80. The molecule has 2 N–H and O–H groups in total. The molecule has 2 rings (SSSR count). The molecule has 1 saturated carbocycles. The van der Waals surface area contributed by atoms with E-state index in [2.05, 4.69) is 0 Å². The van der Waals surface area contributed by atoms with E-state index < -0.39 is 0 Å². The SMILES string of the molecule is Cl.NC1CCOCC12CC2. The molecular formula is C7H14ClNO. The van der Waals surface area contributed by atoms with Crippen LogP contribution in [0.1, 0.15) is 19.3 Å². The van der Waals surface area contributed by atoms with Gasteiger partial charge < -0.3 is 10.5 Å². The molecule has 1 spiro atoms. The van der Waals surface area contributed by atoms with E-state index in [1.807, 2.05) is 0 Å². The van der Waals surface area contributed by atoms with Crippen LogP contribution >= 0.6 is 12.4 Å². The Kier molecular flexibility index (Phi) is 2.23. The Hall–Kier alpha value is 0.210. The van der Waals surface area contributed by atoms with Gasteiger partial charge in [-0.1, -0.05) is 0 Å². The van der Waals surface area contributed by atoms with E-state index in [9.17, 15) is 0 Å². The third-order valence-corrected chi connectivity index (χ3v) is 2.64. The fourth-order valence-electron chi connectivity index (χ4n) is 1.57. The molecule has 1 aliphatic carbocycles. The lowest BCUT2D eigenvalue weighted by Crippen LogP contribution is -2.40. The highest BCUT2D eigenvalue weighted by Crippen LogP contribution is 2.50. The van der Waals surface area contributed by atoms with Crippen LogP contribution in [0.4, 0.5) is 0 Å². The summed E-state index contributed by atoms with van der Waals surface area (Å²) in [6.07, 6.45) is 3.67. The number of halogens is 1. The van der Waals surface area contributed by atoms with Gasteiger partial charge in [-0.2, -0.15) is 0 Å². The maximum absolute atomic E-state index is 5.90. The Labute approximate surface area is 67.5 Å². The molecule has 2 fully saturated rings. The van der Waals surface area contributed by atoms with E-state index in [-0.39, 0.29) is 12.4 Å². The summed E-state index contributed by atoms with van der Waals surface area (Å²) in [5.41, 5.74) is 6.34. The van der Waals surface area contributed by atoms with Gasteiger partial charge in [0.1, 0.15) is 0 Å². The first kappa shape index (κ1) is 8.31. The van der Waals surface area contributed by atoms with E-state index in [4.69, 9.17) is 10.5 Å². The summed E-state index contributed by atoms with van der Waals surface area (Å²) in [5, 5.41) is 0. The minimum Gasteiger partial charge on any atom is -0.381 e. The molecule has 2 nitrogen and oxygen atoms in total. The second-order valence-electron chi connectivity index (χ2n) is 3.31. The Bertz CT molecular complexity index is 125. The van der Waals surface area contributed by atoms with Crippen LogP contribution in [0.25, 0.3) is 0 Å². The number of rotatable bonds is 0. The molecule has 0 aromatic rings. The van der Waals surface area contributed by atoms with Crippen LogP contribution in [0.5, 0.6) is 0 Å². The average molecular weight is 164 g/mol. The fourth-order valence-corrected chi connectivity index (χ4v) is 1.57. The zero-order chi connectivity index (χ0) is 6.32. The van der Waals surface area contributed by atoms with Gasteiger partial charge in [0.2, 0.25) is 0 Å². The van der Waals surface area contributed by atoms with Crippen LogP contribution in [0.15, 0.2) is 0 Å². The van der Waals surface area contributed by atoms with Gasteiger partial charge in [0.15, 0.2) is 0 Å². The second kappa shape index (κ2) is 2.68. The van der Waals surface area contributed by atoms with E-state index in [0.29, 0.717) is 11.5 Å². The molecule has 0 aromatic carbocycles. The smallest absolute Gasteiger partial charge is 0.0537 e. The van der Waals surface area contributed by atoms with Crippen molar-refractivity contribution >= 4 is 12.4 Å². The molecule has 0 bridgehead atoms. The minimum absolute atomic E-state index is 0. The van der Waals surface area contributed by atoms with Gasteiger partial charge >= 0.3 is 0 Å². The van der Waals surface area contributed by atoms with E-state index >= 15 is 0 Å². The molecule has 0 radical (unpaired) electrons. The summed E-state index contributed by atoms with van der Waals surface area (Å²) in [7, 11) is 0. The molecule has 0 amide bonds. The molecule has 1 unspecified atom stereocenters. The molecule has 2 aliphatic rings. The second-order valence-corrected chi connectivity index (χ2v) is 3.31. The molecule has 1 aliphatic heterocycles. The monoisotopic (exact) mass is 163 g/mol. The Balaban J connectivity index is 0.000000500. The van der Waals surface area contributed by atoms with Crippen molar-refractivity contribution in [3.8, 4) is 0 Å². The van der Waals surface area contributed by atoms with Crippen molar-refractivity contribution < 1.29 is 4.74 Å². The maximum atomic E-state index is 5.90. The van der Waals surface area contributed by atoms with Crippen molar-refractivity contribution in [3.63, 3.8) is 0 Å². The molecule has 0 aromatic heterocycles. The van der Waals surface area contributed by atoms with Gasteiger partial charge in [0.25, 0.3) is 0 Å². The van der Waals surface area contributed by atoms with E-state index in [1.165, 1.54) is 12.8 Å². The van der Waals surface area contributed by atoms with Crippen LogP contribution in [-0.2, 0) is 4.74 Å². The predicted octanol–water partition coefficient (Wildman–Crippen LogP) is 0.936. The van der Waals surface area contributed by atoms with Gasteiger partial charge in [0.05, 0.1) is 6.61 Å². The molecule has 1 heterocycles. The number of ether oxygens (including phenoxy) is 1. The fraction of sp³-hybridized carbons (Fsp3) is 1.00. The summed E-state index contributed by atoms with van der Waals surface area (Å²) in [6, 6.07) is 0.436. The highest BCUT2D eigenvalue weighted by atomic mass is 35.5. The lowest BCUT2D eigenvalue weighted by atomic mass is 9.94. The lowest BCUT2D eigenvalue weighted by molar-refractivity contribution is 0.0301. The summed E-state index contributed by atoms with van der Waals surface area (Å²) in [4.78, 5) is 0. The first-order valence-electron chi connectivity index (χ1n) is 3.67. The summed E-state index contributed by atoms with van der Waals surface area (Å²) < 4.78 is 5.34. The van der Waals surface area contributed by atoms with E-state index in [1.54, 1.807) is 0 Å². The Morgan fingerprint density at radius 1 is 1.40 bits per heavy atom. The largest absolute Gasteiger partial charge is 0.381 e. The molecule has 10 heavy (non-hydrogen) atoms. The minimum atomic E-state index is 0. The maximum Gasteiger partial charge on any atom is 0.0537 e. The third-order valence-electron chi connectivity index (χ3n) is 2.64. The first-order chi connectivity index (χ1) is 4.33. The van der Waals surface area contributed by atoms with Crippen LogP contribution in [-0.4, -0.2) is 19.3 Å². The number of hydrogen-bond acceptors (Lipinski definition) is 2. The van der Waals surface area contributed by atoms with Crippen LogP contribution < -0.4 is 5.73 Å². The number of nitrogens with two attached hydrogens (primary N) is 1. The highest BCUT2D eigenvalue weighted by molar-refractivity contribution is 5.85. The molecular weight excluding hydrogens is 150 g/mol. The average Bonchev–Trinajstić information content (AvgIpc) is 2.60. The molecule has 60 valence electrons. The molecule has 3 heteroatoms. The van der Waals surface area contributed by atoms with Gasteiger partial charge in [0, 0.05) is 18.1 Å². The van der Waals surface area contributed by atoms with Gasteiger partial charge in [-0.15, -0.1) is 12.4 Å². The topological polar surface area (TPSA) is 35.2 Å². The third kappa shape index (κ3) is 1.16. The van der Waals surface area contributed by atoms with Crippen molar-refractivity contribution in [3.05, 3.63) is 0 Å². The van der Waals surface area contributed by atoms with Crippen molar-refractivity contribution in [2.75, 3.05) is 13.2 Å². The van der Waals surface area contributed by atoms with Crippen molar-refractivity contribution in [2.24, 2.45) is 11.1 Å².